The summed E-state index contributed by atoms with van der Waals surface area (Å²) in [7, 11) is 1.94. The van der Waals surface area contributed by atoms with Crippen molar-refractivity contribution < 1.29 is 0 Å². The summed E-state index contributed by atoms with van der Waals surface area (Å²) in [5.41, 5.74) is 2.34. The molecule has 1 rings (SSSR count). The minimum atomic E-state index is 0.576. The fourth-order valence-corrected chi connectivity index (χ4v) is 1.47. The molecule has 0 saturated heterocycles. The molecule has 0 fully saturated rings. The number of hydrogen-bond acceptors (Lipinski definition) is 1. The molecule has 0 aliphatic heterocycles. The van der Waals surface area contributed by atoms with E-state index in [2.05, 4.69) is 12.0 Å². The van der Waals surface area contributed by atoms with Gasteiger partial charge in [0.25, 0.3) is 0 Å². The Morgan fingerprint density at radius 3 is 2.92 bits per heavy atom. The number of unbranched alkanes of at least 4 members (excludes halogenated alkanes) is 1. The van der Waals surface area contributed by atoms with E-state index in [9.17, 15) is 0 Å². The van der Waals surface area contributed by atoms with Gasteiger partial charge in [-0.3, -0.25) is 4.68 Å². The second-order valence-corrected chi connectivity index (χ2v) is 3.28. The van der Waals surface area contributed by atoms with Crippen LogP contribution in [-0.4, -0.2) is 9.78 Å². The van der Waals surface area contributed by atoms with Gasteiger partial charge in [0.05, 0.1) is 11.6 Å². The molecule has 0 unspecified atom stereocenters. The number of alkyl halides is 1. The van der Waals surface area contributed by atoms with Gasteiger partial charge in [-0.25, -0.2) is 0 Å². The van der Waals surface area contributed by atoms with Gasteiger partial charge < -0.3 is 0 Å². The van der Waals surface area contributed by atoms with Crippen LogP contribution in [0.15, 0.2) is 6.20 Å². The minimum absolute atomic E-state index is 0.576. The van der Waals surface area contributed by atoms with Gasteiger partial charge in [-0.1, -0.05) is 13.3 Å². The molecule has 0 aromatic carbocycles. The van der Waals surface area contributed by atoms with E-state index in [1.165, 1.54) is 18.4 Å². The summed E-state index contributed by atoms with van der Waals surface area (Å²) < 4.78 is 1.84. The summed E-state index contributed by atoms with van der Waals surface area (Å²) in [5.74, 6) is 0.576. The normalized spacial score (nSPS) is 10.6. The van der Waals surface area contributed by atoms with Crippen LogP contribution >= 0.6 is 11.6 Å². The lowest BCUT2D eigenvalue weighted by molar-refractivity contribution is 0.712. The number of nitrogens with zero attached hydrogens (tertiary/aromatic N) is 2. The minimum Gasteiger partial charge on any atom is -0.275 e. The van der Waals surface area contributed by atoms with Crippen LogP contribution in [0, 0.1) is 0 Å². The van der Waals surface area contributed by atoms with Crippen LogP contribution in [-0.2, 0) is 19.3 Å². The second-order valence-electron chi connectivity index (χ2n) is 3.01. The van der Waals surface area contributed by atoms with E-state index in [0.717, 1.165) is 12.1 Å². The predicted octanol–water partition coefficient (Wildman–Crippen LogP) is 2.50. The lowest BCUT2D eigenvalue weighted by atomic mass is 10.1. The summed E-state index contributed by atoms with van der Waals surface area (Å²) in [6, 6.07) is 0. The molecule has 0 bridgehead atoms. The molecule has 68 valence electrons. The van der Waals surface area contributed by atoms with Crippen molar-refractivity contribution in [3.05, 3.63) is 17.5 Å². The van der Waals surface area contributed by atoms with Gasteiger partial charge in [-0.2, -0.15) is 5.10 Å². The Balaban J connectivity index is 2.68. The molecule has 3 heteroatoms. The van der Waals surface area contributed by atoms with Crippen LogP contribution in [0.3, 0.4) is 0 Å². The van der Waals surface area contributed by atoms with E-state index < -0.39 is 0 Å². The van der Waals surface area contributed by atoms with Crippen molar-refractivity contribution in [1.29, 1.82) is 0 Å². The predicted molar refractivity (Wildman–Crippen MR) is 51.4 cm³/mol. The second kappa shape index (κ2) is 4.51. The molecule has 1 heterocycles. The van der Waals surface area contributed by atoms with Crippen LogP contribution in [0.4, 0.5) is 0 Å². The first-order valence-electron chi connectivity index (χ1n) is 4.35. The Morgan fingerprint density at radius 2 is 2.33 bits per heavy atom. The SMILES string of the molecule is CCCCc1nn(C)cc1CCl. The van der Waals surface area contributed by atoms with Crippen molar-refractivity contribution in [2.75, 3.05) is 0 Å². The van der Waals surface area contributed by atoms with Crippen molar-refractivity contribution in [2.24, 2.45) is 7.05 Å². The molecule has 12 heavy (non-hydrogen) atoms. The number of hydrogen-bond donors (Lipinski definition) is 0. The van der Waals surface area contributed by atoms with E-state index in [0.29, 0.717) is 5.88 Å². The molecule has 1 aromatic heterocycles. The molecule has 0 saturated carbocycles. The van der Waals surface area contributed by atoms with Crippen LogP contribution < -0.4 is 0 Å². The molecule has 0 radical (unpaired) electrons. The van der Waals surface area contributed by atoms with Crippen molar-refractivity contribution in [2.45, 2.75) is 32.1 Å². The van der Waals surface area contributed by atoms with Gasteiger partial charge in [-0.15, -0.1) is 11.6 Å². The van der Waals surface area contributed by atoms with E-state index in [1.54, 1.807) is 0 Å². The first-order chi connectivity index (χ1) is 5.77. The molecular weight excluding hydrogens is 172 g/mol. The first-order valence-corrected chi connectivity index (χ1v) is 4.88. The van der Waals surface area contributed by atoms with E-state index in [4.69, 9.17) is 11.6 Å². The van der Waals surface area contributed by atoms with Gasteiger partial charge >= 0.3 is 0 Å². The molecular formula is C9H15ClN2. The Morgan fingerprint density at radius 1 is 1.58 bits per heavy atom. The largest absolute Gasteiger partial charge is 0.275 e. The standard InChI is InChI=1S/C9H15ClN2/c1-3-4-5-9-8(6-10)7-12(2)11-9/h7H,3-6H2,1-2H3. The van der Waals surface area contributed by atoms with Crippen molar-refractivity contribution in [3.63, 3.8) is 0 Å². The van der Waals surface area contributed by atoms with E-state index >= 15 is 0 Å². The maximum absolute atomic E-state index is 5.77. The molecule has 0 amide bonds. The van der Waals surface area contributed by atoms with Gasteiger partial charge in [0, 0.05) is 18.8 Å². The highest BCUT2D eigenvalue weighted by molar-refractivity contribution is 6.17. The number of rotatable bonds is 4. The molecule has 1 aromatic rings. The van der Waals surface area contributed by atoms with Crippen LogP contribution in [0.2, 0.25) is 0 Å². The summed E-state index contributed by atoms with van der Waals surface area (Å²) >= 11 is 5.77. The monoisotopic (exact) mass is 186 g/mol. The lowest BCUT2D eigenvalue weighted by Gasteiger charge is -1.95. The molecule has 2 nitrogen and oxygen atoms in total. The van der Waals surface area contributed by atoms with Gasteiger partial charge in [-0.05, 0) is 12.8 Å². The fraction of sp³-hybridized carbons (Fsp3) is 0.667. The molecule has 0 spiro atoms. The van der Waals surface area contributed by atoms with Crippen molar-refractivity contribution >= 4 is 11.6 Å². The van der Waals surface area contributed by atoms with Gasteiger partial charge in [0.15, 0.2) is 0 Å². The van der Waals surface area contributed by atoms with E-state index in [-0.39, 0.29) is 0 Å². The zero-order valence-corrected chi connectivity index (χ0v) is 8.43. The smallest absolute Gasteiger partial charge is 0.0668 e. The quantitative estimate of drug-likeness (QED) is 0.661. The summed E-state index contributed by atoms with van der Waals surface area (Å²) in [5, 5.41) is 4.35. The van der Waals surface area contributed by atoms with Crippen molar-refractivity contribution in [3.8, 4) is 0 Å². The zero-order chi connectivity index (χ0) is 8.97. The van der Waals surface area contributed by atoms with Crippen LogP contribution in [0.5, 0.6) is 0 Å². The average molecular weight is 187 g/mol. The lowest BCUT2D eigenvalue weighted by Crippen LogP contribution is -1.92. The van der Waals surface area contributed by atoms with Gasteiger partial charge in [0.1, 0.15) is 0 Å². The maximum atomic E-state index is 5.77. The Kier molecular flexibility index (Phi) is 3.60. The molecule has 0 N–H and O–H groups in total. The van der Waals surface area contributed by atoms with E-state index in [1.807, 2.05) is 17.9 Å². The summed E-state index contributed by atoms with van der Waals surface area (Å²) in [6.07, 6.45) is 5.45. The topological polar surface area (TPSA) is 17.8 Å². The van der Waals surface area contributed by atoms with Crippen LogP contribution in [0.25, 0.3) is 0 Å². The third kappa shape index (κ3) is 2.24. The first kappa shape index (κ1) is 9.59. The zero-order valence-electron chi connectivity index (χ0n) is 7.68. The summed E-state index contributed by atoms with van der Waals surface area (Å²) in [6.45, 7) is 2.18. The maximum Gasteiger partial charge on any atom is 0.0668 e. The third-order valence-corrected chi connectivity index (χ3v) is 2.19. The number of aromatic nitrogens is 2. The van der Waals surface area contributed by atoms with Crippen molar-refractivity contribution in [1.82, 2.24) is 9.78 Å². The molecule has 0 atom stereocenters. The highest BCUT2D eigenvalue weighted by Gasteiger charge is 2.04. The number of halogens is 1. The van der Waals surface area contributed by atoms with Crippen LogP contribution in [0.1, 0.15) is 31.0 Å². The fourth-order valence-electron chi connectivity index (χ4n) is 1.25. The Hall–Kier alpha value is -0.500. The third-order valence-electron chi connectivity index (χ3n) is 1.90. The molecule has 0 aliphatic rings. The average Bonchev–Trinajstić information content (AvgIpc) is 2.42. The Labute approximate surface area is 78.5 Å². The van der Waals surface area contributed by atoms with Gasteiger partial charge in [0.2, 0.25) is 0 Å². The highest BCUT2D eigenvalue weighted by Crippen LogP contribution is 2.11. The number of aryl methyl sites for hydroxylation is 2. The molecule has 0 aliphatic carbocycles. The Bertz CT molecular complexity index is 243. The highest BCUT2D eigenvalue weighted by atomic mass is 35.5. The summed E-state index contributed by atoms with van der Waals surface area (Å²) in [4.78, 5) is 0.